The number of hydrogen-bond donors (Lipinski definition) is 0. The fourth-order valence-corrected chi connectivity index (χ4v) is 5.34. The van der Waals surface area contributed by atoms with Gasteiger partial charge in [-0.2, -0.15) is 5.10 Å². The average Bonchev–Trinajstić information content (AvgIpc) is 3.56. The number of rotatable bonds is 9. The summed E-state index contributed by atoms with van der Waals surface area (Å²) >= 11 is 1.53. The van der Waals surface area contributed by atoms with Crippen LogP contribution < -0.4 is 0 Å². The highest BCUT2D eigenvalue weighted by Crippen LogP contribution is 2.35. The molecule has 0 unspecified atom stereocenters. The van der Waals surface area contributed by atoms with Gasteiger partial charge in [-0.3, -0.25) is 24.6 Å². The van der Waals surface area contributed by atoms with Gasteiger partial charge < -0.3 is 9.64 Å². The molecule has 1 fully saturated rings. The second kappa shape index (κ2) is 12.1. The molecule has 0 saturated carbocycles. The summed E-state index contributed by atoms with van der Waals surface area (Å²) < 4.78 is 5.43. The number of amides is 2. The summed E-state index contributed by atoms with van der Waals surface area (Å²) in [5.74, 6) is -0.384. The maximum Gasteiger partial charge on any atom is 0.269 e. The summed E-state index contributed by atoms with van der Waals surface area (Å²) in [5, 5.41) is 19.5. The molecule has 11 heteroatoms. The van der Waals surface area contributed by atoms with Crippen molar-refractivity contribution in [2.24, 2.45) is 10.5 Å². The molecular formula is C27H35N5O5S. The van der Waals surface area contributed by atoms with Crippen LogP contribution in [0.1, 0.15) is 50.1 Å². The van der Waals surface area contributed by atoms with E-state index in [1.54, 1.807) is 17.0 Å². The Balaban J connectivity index is 1.57. The Bertz CT molecular complexity index is 1170. The van der Waals surface area contributed by atoms with Crippen LogP contribution >= 0.6 is 11.3 Å². The van der Waals surface area contributed by atoms with E-state index in [2.05, 4.69) is 10.0 Å². The van der Waals surface area contributed by atoms with E-state index in [1.165, 1.54) is 28.5 Å². The highest BCUT2D eigenvalue weighted by molar-refractivity contribution is 7.12. The molecule has 2 aromatic rings. The number of benzene rings is 1. The van der Waals surface area contributed by atoms with Crippen molar-refractivity contribution >= 4 is 34.6 Å². The van der Waals surface area contributed by atoms with Crippen LogP contribution in [-0.2, 0) is 14.3 Å². The molecule has 10 nitrogen and oxygen atoms in total. The predicted octanol–water partition coefficient (Wildman–Crippen LogP) is 3.93. The number of hydrogen-bond acceptors (Lipinski definition) is 8. The summed E-state index contributed by atoms with van der Waals surface area (Å²) in [6.07, 6.45) is 0.762. The van der Waals surface area contributed by atoms with Crippen molar-refractivity contribution in [1.29, 1.82) is 0 Å². The predicted molar refractivity (Wildman–Crippen MR) is 146 cm³/mol. The zero-order valence-corrected chi connectivity index (χ0v) is 23.0. The molecule has 0 radical (unpaired) electrons. The molecule has 3 heterocycles. The van der Waals surface area contributed by atoms with Gasteiger partial charge in [0.15, 0.2) is 0 Å². The van der Waals surface area contributed by atoms with E-state index in [9.17, 15) is 19.7 Å². The van der Waals surface area contributed by atoms with E-state index in [0.717, 1.165) is 23.7 Å². The lowest BCUT2D eigenvalue weighted by atomic mass is 9.91. The number of hydrazone groups is 1. The van der Waals surface area contributed by atoms with Crippen LogP contribution in [0.3, 0.4) is 0 Å². The van der Waals surface area contributed by atoms with Crippen LogP contribution in [0.4, 0.5) is 5.69 Å². The molecule has 38 heavy (non-hydrogen) atoms. The first-order chi connectivity index (χ1) is 18.1. The standard InChI is InChI=1S/C27H35N5O5S/c1-27(2,3)18-25(33)30(10-9-29-11-13-37-14-12-29)19-26(34)31-23(17-22(28-31)24-8-5-15-38-24)20-6-4-7-21(16-20)32(35)36/h4-8,15-16,23H,9-14,17-19H2,1-3H3/t23-/m0/s1. The first-order valence-corrected chi connectivity index (χ1v) is 13.7. The van der Waals surface area contributed by atoms with Crippen LogP contribution in [-0.4, -0.2) is 83.2 Å². The Morgan fingerprint density at radius 2 is 1.97 bits per heavy atom. The van der Waals surface area contributed by atoms with E-state index in [4.69, 9.17) is 4.74 Å². The summed E-state index contributed by atoms with van der Waals surface area (Å²) in [4.78, 5) is 42.9. The lowest BCUT2D eigenvalue weighted by Gasteiger charge is -2.32. The molecule has 1 aromatic carbocycles. The van der Waals surface area contributed by atoms with Gasteiger partial charge in [0.25, 0.3) is 11.6 Å². The Morgan fingerprint density at radius 1 is 1.21 bits per heavy atom. The molecule has 2 aliphatic rings. The summed E-state index contributed by atoms with van der Waals surface area (Å²) in [7, 11) is 0. The van der Waals surface area contributed by atoms with Gasteiger partial charge in [-0.1, -0.05) is 39.0 Å². The molecule has 2 aliphatic heterocycles. The Kier molecular flexibility index (Phi) is 8.91. The lowest BCUT2D eigenvalue weighted by Crippen LogP contribution is -2.47. The smallest absolute Gasteiger partial charge is 0.269 e. The molecule has 1 atom stereocenters. The maximum absolute atomic E-state index is 13.8. The van der Waals surface area contributed by atoms with Crippen LogP contribution in [0.2, 0.25) is 0 Å². The normalized spacial score (nSPS) is 18.3. The Morgan fingerprint density at radius 3 is 2.63 bits per heavy atom. The van der Waals surface area contributed by atoms with Crippen molar-refractivity contribution in [2.45, 2.75) is 39.7 Å². The van der Waals surface area contributed by atoms with Gasteiger partial charge in [0.2, 0.25) is 5.91 Å². The van der Waals surface area contributed by atoms with Crippen molar-refractivity contribution in [2.75, 3.05) is 45.9 Å². The van der Waals surface area contributed by atoms with Gasteiger partial charge >= 0.3 is 0 Å². The number of nitro benzene ring substituents is 1. The minimum Gasteiger partial charge on any atom is -0.379 e. The van der Waals surface area contributed by atoms with Crippen molar-refractivity contribution in [3.05, 3.63) is 62.3 Å². The number of ether oxygens (including phenoxy) is 1. The van der Waals surface area contributed by atoms with Gasteiger partial charge in [0, 0.05) is 51.2 Å². The van der Waals surface area contributed by atoms with Gasteiger partial charge in [0.05, 0.1) is 34.8 Å². The second-order valence-electron chi connectivity index (χ2n) is 10.8. The summed E-state index contributed by atoms with van der Waals surface area (Å²) in [6.45, 7) is 9.90. The minimum absolute atomic E-state index is 0.0352. The number of nitro groups is 1. The molecule has 1 saturated heterocycles. The molecule has 2 amide bonds. The van der Waals surface area contributed by atoms with E-state index in [1.807, 2.05) is 38.3 Å². The molecular weight excluding hydrogens is 506 g/mol. The number of nitrogens with zero attached hydrogens (tertiary/aromatic N) is 5. The third-order valence-electron chi connectivity index (χ3n) is 6.59. The van der Waals surface area contributed by atoms with Crippen LogP contribution in [0.15, 0.2) is 46.9 Å². The number of carbonyl (C=O) groups excluding carboxylic acids is 2. The topological polar surface area (TPSA) is 109 Å². The monoisotopic (exact) mass is 541 g/mol. The maximum atomic E-state index is 13.8. The Hall–Kier alpha value is -3.15. The van der Waals surface area contributed by atoms with Gasteiger partial charge in [0.1, 0.15) is 6.54 Å². The molecule has 1 aromatic heterocycles. The first-order valence-electron chi connectivity index (χ1n) is 12.9. The largest absolute Gasteiger partial charge is 0.379 e. The Labute approximate surface area is 227 Å². The number of thiophene rings is 1. The minimum atomic E-state index is -0.488. The van der Waals surface area contributed by atoms with Gasteiger partial charge in [-0.05, 0) is 22.4 Å². The third kappa shape index (κ3) is 7.24. The van der Waals surface area contributed by atoms with Crippen molar-refractivity contribution in [1.82, 2.24) is 14.8 Å². The second-order valence-corrected chi connectivity index (χ2v) is 11.8. The molecule has 0 aliphatic carbocycles. The number of morpholine rings is 1. The van der Waals surface area contributed by atoms with Crippen LogP contribution in [0.25, 0.3) is 0 Å². The molecule has 4 rings (SSSR count). The van der Waals surface area contributed by atoms with Crippen LogP contribution in [0.5, 0.6) is 0 Å². The molecule has 0 spiro atoms. The highest BCUT2D eigenvalue weighted by atomic mass is 32.1. The van der Waals surface area contributed by atoms with Crippen LogP contribution in [0, 0.1) is 15.5 Å². The molecule has 204 valence electrons. The fraction of sp³-hybridized carbons (Fsp3) is 0.519. The summed E-state index contributed by atoms with van der Waals surface area (Å²) in [6, 6.07) is 9.73. The van der Waals surface area contributed by atoms with Crippen molar-refractivity contribution < 1.29 is 19.2 Å². The van der Waals surface area contributed by atoms with Crippen molar-refractivity contribution in [3.63, 3.8) is 0 Å². The lowest BCUT2D eigenvalue weighted by molar-refractivity contribution is -0.385. The van der Waals surface area contributed by atoms with Gasteiger partial charge in [-0.25, -0.2) is 5.01 Å². The van der Waals surface area contributed by atoms with Crippen molar-refractivity contribution in [3.8, 4) is 0 Å². The van der Waals surface area contributed by atoms with E-state index in [0.29, 0.717) is 44.7 Å². The van der Waals surface area contributed by atoms with E-state index < -0.39 is 11.0 Å². The molecule has 0 bridgehead atoms. The SMILES string of the molecule is CC(C)(C)CC(=O)N(CCN1CCOCC1)CC(=O)N1N=C(c2cccs2)C[C@H]1c1cccc([N+](=O)[O-])c1. The third-order valence-corrected chi connectivity index (χ3v) is 7.51. The highest BCUT2D eigenvalue weighted by Gasteiger charge is 2.35. The zero-order valence-electron chi connectivity index (χ0n) is 22.2. The van der Waals surface area contributed by atoms with E-state index in [-0.39, 0.29) is 29.5 Å². The average molecular weight is 542 g/mol. The number of carbonyl (C=O) groups is 2. The molecule has 0 N–H and O–H groups in total. The first kappa shape index (κ1) is 27.9. The fourth-order valence-electron chi connectivity index (χ4n) is 4.62. The zero-order chi connectivity index (χ0) is 27.3. The summed E-state index contributed by atoms with van der Waals surface area (Å²) in [5.41, 5.74) is 1.14. The van der Waals surface area contributed by atoms with E-state index >= 15 is 0 Å². The number of non-ortho nitro benzene ring substituents is 1. The quantitative estimate of drug-likeness (QED) is 0.352. The van der Waals surface area contributed by atoms with Gasteiger partial charge in [-0.15, -0.1) is 11.3 Å².